The number of Topliss-reactive ketones (excluding diaryl/α,β-unsaturated/α-hetero) is 1. The third kappa shape index (κ3) is 2.99. The van der Waals surface area contributed by atoms with E-state index >= 15 is 0 Å². The first-order valence-electron chi connectivity index (χ1n) is 6.19. The lowest BCUT2D eigenvalue weighted by molar-refractivity contribution is 0.0989. The molecule has 0 atom stereocenters. The van der Waals surface area contributed by atoms with Gasteiger partial charge in [0, 0.05) is 18.8 Å². The molecular formula is C16H17NO2. The van der Waals surface area contributed by atoms with E-state index in [0.29, 0.717) is 17.7 Å². The van der Waals surface area contributed by atoms with E-state index in [1.807, 2.05) is 38.1 Å². The van der Waals surface area contributed by atoms with Gasteiger partial charge in [0.15, 0.2) is 5.78 Å². The zero-order valence-electron chi connectivity index (χ0n) is 11.4. The predicted molar refractivity (Wildman–Crippen MR) is 74.7 cm³/mol. The molecule has 0 bridgehead atoms. The molecule has 0 radical (unpaired) electrons. The van der Waals surface area contributed by atoms with Gasteiger partial charge < -0.3 is 4.74 Å². The predicted octanol–water partition coefficient (Wildman–Crippen LogP) is 3.13. The highest BCUT2D eigenvalue weighted by atomic mass is 16.5. The molecule has 0 spiro atoms. The molecule has 0 fully saturated rings. The molecule has 0 aliphatic heterocycles. The average Bonchev–Trinajstić information content (AvgIpc) is 2.38. The van der Waals surface area contributed by atoms with Crippen molar-refractivity contribution in [3.8, 4) is 5.75 Å². The summed E-state index contributed by atoms with van der Waals surface area (Å²) in [6.45, 7) is 3.93. The molecule has 1 aromatic heterocycles. The number of benzene rings is 1. The van der Waals surface area contributed by atoms with Crippen LogP contribution in [0, 0.1) is 13.8 Å². The fraction of sp³-hybridized carbons (Fsp3) is 0.250. The SMILES string of the molecule is COc1cc(C)cc(C)c1C(=O)Cc1cccnc1. The van der Waals surface area contributed by atoms with Crippen LogP contribution in [0.2, 0.25) is 0 Å². The number of pyridine rings is 1. The Bertz CT molecular complexity index is 591. The molecule has 3 heteroatoms. The molecule has 0 N–H and O–H groups in total. The van der Waals surface area contributed by atoms with E-state index < -0.39 is 0 Å². The summed E-state index contributed by atoms with van der Waals surface area (Å²) in [7, 11) is 1.59. The molecule has 1 aromatic carbocycles. The monoisotopic (exact) mass is 255 g/mol. The molecular weight excluding hydrogens is 238 g/mol. The standard InChI is InChI=1S/C16H17NO2/c1-11-7-12(2)16(15(8-11)19-3)14(18)9-13-5-4-6-17-10-13/h4-8,10H,9H2,1-3H3. The van der Waals surface area contributed by atoms with Crippen molar-refractivity contribution < 1.29 is 9.53 Å². The maximum absolute atomic E-state index is 12.4. The topological polar surface area (TPSA) is 39.2 Å². The summed E-state index contributed by atoms with van der Waals surface area (Å²) in [6.07, 6.45) is 3.76. The number of rotatable bonds is 4. The van der Waals surface area contributed by atoms with Crippen molar-refractivity contribution in [1.29, 1.82) is 0 Å². The van der Waals surface area contributed by atoms with Gasteiger partial charge in [0.1, 0.15) is 5.75 Å². The van der Waals surface area contributed by atoms with Gasteiger partial charge in [-0.05, 0) is 42.7 Å². The quantitative estimate of drug-likeness (QED) is 0.788. The maximum atomic E-state index is 12.4. The Hall–Kier alpha value is -2.16. The van der Waals surface area contributed by atoms with Crippen LogP contribution in [0.15, 0.2) is 36.7 Å². The normalized spacial score (nSPS) is 10.3. The molecule has 2 aromatic rings. The van der Waals surface area contributed by atoms with Crippen LogP contribution in [0.5, 0.6) is 5.75 Å². The van der Waals surface area contributed by atoms with Gasteiger partial charge in [-0.1, -0.05) is 12.1 Å². The van der Waals surface area contributed by atoms with Crippen molar-refractivity contribution in [2.24, 2.45) is 0 Å². The summed E-state index contributed by atoms with van der Waals surface area (Å²) < 4.78 is 5.33. The van der Waals surface area contributed by atoms with Crippen molar-refractivity contribution in [2.75, 3.05) is 7.11 Å². The Kier molecular flexibility index (Phi) is 3.95. The zero-order chi connectivity index (χ0) is 13.8. The van der Waals surface area contributed by atoms with Crippen LogP contribution in [-0.4, -0.2) is 17.9 Å². The number of aryl methyl sites for hydroxylation is 2. The highest BCUT2D eigenvalue weighted by Gasteiger charge is 2.16. The van der Waals surface area contributed by atoms with Crippen molar-refractivity contribution in [2.45, 2.75) is 20.3 Å². The Morgan fingerprint density at radius 3 is 2.74 bits per heavy atom. The Labute approximate surface area is 113 Å². The lowest BCUT2D eigenvalue weighted by Gasteiger charge is -2.12. The number of ether oxygens (including phenoxy) is 1. The molecule has 0 saturated carbocycles. The minimum atomic E-state index is 0.0577. The van der Waals surface area contributed by atoms with Gasteiger partial charge in [-0.3, -0.25) is 9.78 Å². The van der Waals surface area contributed by atoms with E-state index in [2.05, 4.69) is 4.98 Å². The van der Waals surface area contributed by atoms with Crippen LogP contribution in [-0.2, 0) is 6.42 Å². The molecule has 0 saturated heterocycles. The van der Waals surface area contributed by atoms with E-state index in [4.69, 9.17) is 4.74 Å². The minimum Gasteiger partial charge on any atom is -0.496 e. The third-order valence-electron chi connectivity index (χ3n) is 3.03. The first-order chi connectivity index (χ1) is 9.11. The largest absolute Gasteiger partial charge is 0.496 e. The van der Waals surface area contributed by atoms with E-state index in [1.54, 1.807) is 19.5 Å². The second kappa shape index (κ2) is 5.65. The molecule has 0 aliphatic carbocycles. The molecule has 3 nitrogen and oxygen atoms in total. The van der Waals surface area contributed by atoms with Crippen LogP contribution < -0.4 is 4.74 Å². The van der Waals surface area contributed by atoms with Gasteiger partial charge >= 0.3 is 0 Å². The molecule has 2 rings (SSSR count). The summed E-state index contributed by atoms with van der Waals surface area (Å²) in [6, 6.07) is 7.63. The van der Waals surface area contributed by atoms with Gasteiger partial charge in [0.25, 0.3) is 0 Å². The Morgan fingerprint density at radius 2 is 2.11 bits per heavy atom. The summed E-state index contributed by atoms with van der Waals surface area (Å²) >= 11 is 0. The molecule has 98 valence electrons. The highest BCUT2D eigenvalue weighted by molar-refractivity contribution is 6.01. The fourth-order valence-corrected chi connectivity index (χ4v) is 2.22. The van der Waals surface area contributed by atoms with Crippen LogP contribution >= 0.6 is 0 Å². The molecule has 0 aliphatic rings. The molecule has 1 heterocycles. The van der Waals surface area contributed by atoms with Gasteiger partial charge in [-0.15, -0.1) is 0 Å². The van der Waals surface area contributed by atoms with E-state index in [9.17, 15) is 4.79 Å². The van der Waals surface area contributed by atoms with E-state index in [0.717, 1.165) is 16.7 Å². The lowest BCUT2D eigenvalue weighted by Crippen LogP contribution is -2.08. The number of methoxy groups -OCH3 is 1. The third-order valence-corrected chi connectivity index (χ3v) is 3.03. The molecule has 0 unspecified atom stereocenters. The first-order valence-corrected chi connectivity index (χ1v) is 6.19. The lowest BCUT2D eigenvalue weighted by atomic mass is 9.97. The number of nitrogens with zero attached hydrogens (tertiary/aromatic N) is 1. The van der Waals surface area contributed by atoms with Crippen LogP contribution in [0.1, 0.15) is 27.0 Å². The van der Waals surface area contributed by atoms with E-state index in [1.165, 1.54) is 0 Å². The summed E-state index contributed by atoms with van der Waals surface area (Å²) in [5.74, 6) is 0.703. The summed E-state index contributed by atoms with van der Waals surface area (Å²) in [4.78, 5) is 16.4. The minimum absolute atomic E-state index is 0.0577. The second-order valence-electron chi connectivity index (χ2n) is 4.62. The molecule has 19 heavy (non-hydrogen) atoms. The number of aromatic nitrogens is 1. The van der Waals surface area contributed by atoms with Gasteiger partial charge in [0.05, 0.1) is 12.7 Å². The van der Waals surface area contributed by atoms with Gasteiger partial charge in [-0.2, -0.15) is 0 Å². The molecule has 0 amide bonds. The van der Waals surface area contributed by atoms with Crippen LogP contribution in [0.25, 0.3) is 0 Å². The van der Waals surface area contributed by atoms with Gasteiger partial charge in [-0.25, -0.2) is 0 Å². The van der Waals surface area contributed by atoms with E-state index in [-0.39, 0.29) is 5.78 Å². The van der Waals surface area contributed by atoms with Crippen molar-refractivity contribution >= 4 is 5.78 Å². The summed E-state index contributed by atoms with van der Waals surface area (Å²) in [5, 5.41) is 0. The maximum Gasteiger partial charge on any atom is 0.171 e. The number of hydrogen-bond acceptors (Lipinski definition) is 3. The number of ketones is 1. The van der Waals surface area contributed by atoms with Crippen molar-refractivity contribution in [1.82, 2.24) is 4.98 Å². The van der Waals surface area contributed by atoms with Crippen LogP contribution in [0.3, 0.4) is 0 Å². The second-order valence-corrected chi connectivity index (χ2v) is 4.62. The van der Waals surface area contributed by atoms with Crippen molar-refractivity contribution in [3.05, 3.63) is 58.9 Å². The number of hydrogen-bond donors (Lipinski definition) is 0. The van der Waals surface area contributed by atoms with Crippen LogP contribution in [0.4, 0.5) is 0 Å². The first kappa shape index (κ1) is 13.3. The number of carbonyl (C=O) groups excluding carboxylic acids is 1. The summed E-state index contributed by atoms with van der Waals surface area (Å²) in [5.41, 5.74) is 3.62. The highest BCUT2D eigenvalue weighted by Crippen LogP contribution is 2.25. The smallest absolute Gasteiger partial charge is 0.171 e. The fourth-order valence-electron chi connectivity index (χ4n) is 2.22. The zero-order valence-corrected chi connectivity index (χ0v) is 11.4. The average molecular weight is 255 g/mol. The Balaban J connectivity index is 2.34. The number of carbonyl (C=O) groups is 1. The Morgan fingerprint density at radius 1 is 1.32 bits per heavy atom. The van der Waals surface area contributed by atoms with Crippen molar-refractivity contribution in [3.63, 3.8) is 0 Å². The van der Waals surface area contributed by atoms with Gasteiger partial charge in [0.2, 0.25) is 0 Å².